The fourth-order valence-corrected chi connectivity index (χ4v) is 3.02. The molecule has 0 aliphatic heterocycles. The number of nitrogens with zero attached hydrogens (tertiary/aromatic N) is 2. The number of carbonyl (C=O) groups is 1. The first-order valence-electron chi connectivity index (χ1n) is 6.94. The van der Waals surface area contributed by atoms with E-state index in [4.69, 9.17) is 22.1 Å². The van der Waals surface area contributed by atoms with Crippen LogP contribution >= 0.6 is 11.6 Å². The Labute approximate surface area is 133 Å². The number of anilines is 1. The van der Waals surface area contributed by atoms with E-state index in [1.807, 2.05) is 0 Å². The lowest BCUT2D eigenvalue weighted by atomic mass is 9.84. The lowest BCUT2D eigenvalue weighted by Gasteiger charge is -2.34. The molecule has 0 amide bonds. The Balaban J connectivity index is 2.40. The van der Waals surface area contributed by atoms with Crippen molar-refractivity contribution in [3.8, 4) is 0 Å². The molecule has 0 aromatic carbocycles. The largest absolute Gasteiger partial charge is 0.464 e. The second kappa shape index (κ2) is 6.75. The smallest absolute Gasteiger partial charge is 0.357 e. The maximum absolute atomic E-state index is 14.6. The van der Waals surface area contributed by atoms with Crippen LogP contribution in [0.1, 0.15) is 40.6 Å². The summed E-state index contributed by atoms with van der Waals surface area (Å²) in [5, 5.41) is -0.404. The number of halogens is 2. The molecule has 1 saturated carbocycles. The summed E-state index contributed by atoms with van der Waals surface area (Å²) in [5.74, 6) is -0.926. The lowest BCUT2D eigenvalue weighted by Crippen LogP contribution is -2.42. The highest BCUT2D eigenvalue weighted by atomic mass is 35.5. The van der Waals surface area contributed by atoms with Gasteiger partial charge >= 0.3 is 5.97 Å². The summed E-state index contributed by atoms with van der Waals surface area (Å²) < 4.78 is 24.5. The Kier molecular flexibility index (Phi) is 5.18. The molecule has 6 nitrogen and oxygen atoms in total. The summed E-state index contributed by atoms with van der Waals surface area (Å²) in [6.07, 6.45) is -1.09. The third kappa shape index (κ3) is 3.01. The predicted octanol–water partition coefficient (Wildman–Crippen LogP) is 1.99. The average molecular weight is 332 g/mol. The fourth-order valence-electron chi connectivity index (χ4n) is 2.65. The Hall–Kier alpha value is -1.47. The Morgan fingerprint density at radius 2 is 2.05 bits per heavy atom. The van der Waals surface area contributed by atoms with Gasteiger partial charge in [0.05, 0.1) is 18.4 Å². The maximum atomic E-state index is 14.6. The molecule has 0 spiro atoms. The van der Waals surface area contributed by atoms with Crippen molar-refractivity contribution in [2.45, 2.75) is 43.3 Å². The van der Waals surface area contributed by atoms with Crippen molar-refractivity contribution in [1.29, 1.82) is 0 Å². The van der Waals surface area contributed by atoms with E-state index in [2.05, 4.69) is 14.7 Å². The SMILES string of the molecule is COC(=O)c1nc(C2CCC(Cl)C(OC)C2F)nc(N)c1C. The zero-order chi connectivity index (χ0) is 16.4. The van der Waals surface area contributed by atoms with E-state index in [1.54, 1.807) is 6.92 Å². The van der Waals surface area contributed by atoms with Crippen LogP contribution in [0.4, 0.5) is 10.2 Å². The first kappa shape index (κ1) is 16.9. The molecule has 4 atom stereocenters. The van der Waals surface area contributed by atoms with Crippen molar-refractivity contribution in [1.82, 2.24) is 9.97 Å². The number of aromatic nitrogens is 2. The number of nitrogen functional groups attached to an aromatic ring is 1. The van der Waals surface area contributed by atoms with Crippen molar-refractivity contribution in [2.24, 2.45) is 0 Å². The molecule has 8 heteroatoms. The van der Waals surface area contributed by atoms with E-state index >= 15 is 0 Å². The van der Waals surface area contributed by atoms with Crippen molar-refractivity contribution in [3.05, 3.63) is 17.1 Å². The van der Waals surface area contributed by atoms with Gasteiger partial charge in [-0.3, -0.25) is 0 Å². The number of alkyl halides is 2. The number of methoxy groups -OCH3 is 2. The molecule has 1 aliphatic carbocycles. The number of ether oxygens (including phenoxy) is 2. The van der Waals surface area contributed by atoms with Gasteiger partial charge in [-0.25, -0.2) is 19.2 Å². The topological polar surface area (TPSA) is 87.3 Å². The van der Waals surface area contributed by atoms with E-state index in [9.17, 15) is 9.18 Å². The average Bonchev–Trinajstić information content (AvgIpc) is 2.50. The Morgan fingerprint density at radius 3 is 2.64 bits per heavy atom. The highest BCUT2D eigenvalue weighted by molar-refractivity contribution is 6.21. The molecule has 4 unspecified atom stereocenters. The van der Waals surface area contributed by atoms with Crippen LogP contribution in [0.5, 0.6) is 0 Å². The van der Waals surface area contributed by atoms with Crippen molar-refractivity contribution < 1.29 is 18.7 Å². The lowest BCUT2D eigenvalue weighted by molar-refractivity contribution is -0.00347. The second-order valence-electron chi connectivity index (χ2n) is 5.28. The summed E-state index contributed by atoms with van der Waals surface area (Å²) in [5.41, 5.74) is 6.29. The molecule has 1 fully saturated rings. The molecule has 0 radical (unpaired) electrons. The van der Waals surface area contributed by atoms with E-state index < -0.39 is 29.5 Å². The highest BCUT2D eigenvalue weighted by Gasteiger charge is 2.41. The van der Waals surface area contributed by atoms with Gasteiger partial charge in [0.15, 0.2) is 5.69 Å². The first-order chi connectivity index (χ1) is 10.4. The summed E-state index contributed by atoms with van der Waals surface area (Å²) in [4.78, 5) is 20.1. The number of hydrogen-bond acceptors (Lipinski definition) is 6. The van der Waals surface area contributed by atoms with Crippen LogP contribution < -0.4 is 5.73 Å². The van der Waals surface area contributed by atoms with Crippen LogP contribution in [0.25, 0.3) is 0 Å². The minimum absolute atomic E-state index is 0.0548. The van der Waals surface area contributed by atoms with Gasteiger partial charge in [0, 0.05) is 12.7 Å². The molecule has 22 heavy (non-hydrogen) atoms. The van der Waals surface area contributed by atoms with Crippen LogP contribution in [0.15, 0.2) is 0 Å². The standard InChI is InChI=1S/C14H19ClFN3O3/c1-6-10(14(20)22-3)18-13(19-12(6)17)7-4-5-8(15)11(21-2)9(7)16/h7-9,11H,4-5H2,1-3H3,(H2,17,18,19). The van der Waals surface area contributed by atoms with Crippen molar-refractivity contribution in [3.63, 3.8) is 0 Å². The van der Waals surface area contributed by atoms with Crippen LogP contribution in [0, 0.1) is 6.92 Å². The van der Waals surface area contributed by atoms with Crippen LogP contribution in [0.3, 0.4) is 0 Å². The van der Waals surface area contributed by atoms with E-state index in [1.165, 1.54) is 14.2 Å². The van der Waals surface area contributed by atoms with Crippen LogP contribution in [-0.4, -0.2) is 47.8 Å². The number of carbonyl (C=O) groups excluding carboxylic acids is 1. The second-order valence-corrected chi connectivity index (χ2v) is 5.84. The van der Waals surface area contributed by atoms with Gasteiger partial charge in [-0.2, -0.15) is 0 Å². The van der Waals surface area contributed by atoms with E-state index in [0.29, 0.717) is 18.4 Å². The molecule has 0 bridgehead atoms. The summed E-state index contributed by atoms with van der Waals surface area (Å²) in [6, 6.07) is 0. The fraction of sp³-hybridized carbons (Fsp3) is 0.643. The molecule has 1 heterocycles. The third-order valence-corrected chi connectivity index (χ3v) is 4.46. The van der Waals surface area contributed by atoms with Gasteiger partial charge < -0.3 is 15.2 Å². The van der Waals surface area contributed by atoms with E-state index in [-0.39, 0.29) is 17.3 Å². The first-order valence-corrected chi connectivity index (χ1v) is 7.37. The predicted molar refractivity (Wildman–Crippen MR) is 79.8 cm³/mol. The molecule has 122 valence electrons. The maximum Gasteiger partial charge on any atom is 0.357 e. The highest BCUT2D eigenvalue weighted by Crippen LogP contribution is 2.38. The summed E-state index contributed by atoms with van der Waals surface area (Å²) >= 11 is 6.09. The molecule has 1 aliphatic rings. The molecule has 0 saturated heterocycles. The summed E-state index contributed by atoms with van der Waals surface area (Å²) in [7, 11) is 2.66. The monoisotopic (exact) mass is 331 g/mol. The van der Waals surface area contributed by atoms with Gasteiger partial charge in [-0.05, 0) is 19.8 Å². The minimum atomic E-state index is -1.37. The molecule has 1 aromatic heterocycles. The van der Waals surface area contributed by atoms with Crippen molar-refractivity contribution in [2.75, 3.05) is 20.0 Å². The Morgan fingerprint density at radius 1 is 1.36 bits per heavy atom. The zero-order valence-corrected chi connectivity index (χ0v) is 13.4. The molecule has 1 aromatic rings. The molecular formula is C14H19ClFN3O3. The molecule has 2 N–H and O–H groups in total. The van der Waals surface area contributed by atoms with Crippen LogP contribution in [0.2, 0.25) is 0 Å². The van der Waals surface area contributed by atoms with Gasteiger partial charge in [0.25, 0.3) is 0 Å². The normalized spacial score (nSPS) is 28.4. The zero-order valence-electron chi connectivity index (χ0n) is 12.7. The molecule has 2 rings (SSSR count). The van der Waals surface area contributed by atoms with Gasteiger partial charge in [0.1, 0.15) is 23.9 Å². The van der Waals surface area contributed by atoms with Crippen LogP contribution in [-0.2, 0) is 9.47 Å². The number of nitrogens with two attached hydrogens (primary N) is 1. The van der Waals surface area contributed by atoms with Gasteiger partial charge in [-0.15, -0.1) is 11.6 Å². The Bertz CT molecular complexity index is 573. The van der Waals surface area contributed by atoms with Gasteiger partial charge in [-0.1, -0.05) is 0 Å². The number of rotatable bonds is 3. The summed E-state index contributed by atoms with van der Waals surface area (Å²) in [6.45, 7) is 1.62. The number of esters is 1. The molecular weight excluding hydrogens is 313 g/mol. The van der Waals surface area contributed by atoms with Crippen molar-refractivity contribution >= 4 is 23.4 Å². The van der Waals surface area contributed by atoms with Gasteiger partial charge in [0.2, 0.25) is 0 Å². The number of hydrogen-bond donors (Lipinski definition) is 1. The van der Waals surface area contributed by atoms with E-state index in [0.717, 1.165) is 0 Å². The minimum Gasteiger partial charge on any atom is -0.464 e. The third-order valence-electron chi connectivity index (χ3n) is 3.99. The quantitative estimate of drug-likeness (QED) is 0.673.